The highest BCUT2D eigenvalue weighted by atomic mass is 32.1. The fraction of sp³-hybridized carbons (Fsp3) is 0.529. The van der Waals surface area contributed by atoms with Crippen molar-refractivity contribution in [2.45, 2.75) is 32.2 Å². The molecule has 1 N–H and O–H groups in total. The van der Waals surface area contributed by atoms with Crippen molar-refractivity contribution >= 4 is 17.2 Å². The average Bonchev–Trinajstić information content (AvgIpc) is 3.22. The molecule has 5 nitrogen and oxygen atoms in total. The lowest BCUT2D eigenvalue weighted by molar-refractivity contribution is 0.0369. The SMILES string of the molecule is Cc1nc(-c2c[nH]c(C(=O)N3CCN4CCCC[C@H]4C3)c2)cs1. The molecule has 4 heterocycles. The van der Waals surface area contributed by atoms with E-state index in [1.165, 1.54) is 25.8 Å². The number of H-pyrrole nitrogens is 1. The van der Waals surface area contributed by atoms with E-state index in [-0.39, 0.29) is 5.91 Å². The Hall–Kier alpha value is -1.66. The summed E-state index contributed by atoms with van der Waals surface area (Å²) in [5, 5.41) is 3.08. The number of carbonyl (C=O) groups excluding carboxylic acids is 1. The monoisotopic (exact) mass is 330 g/mol. The Labute approximate surface area is 140 Å². The second kappa shape index (κ2) is 6.09. The van der Waals surface area contributed by atoms with Gasteiger partial charge in [0.15, 0.2) is 0 Å². The summed E-state index contributed by atoms with van der Waals surface area (Å²) in [5.74, 6) is 0.119. The number of amides is 1. The van der Waals surface area contributed by atoms with E-state index >= 15 is 0 Å². The van der Waals surface area contributed by atoms with Gasteiger partial charge in [0, 0.05) is 42.8 Å². The number of piperidine rings is 1. The molecule has 0 bridgehead atoms. The number of piperazine rings is 1. The van der Waals surface area contributed by atoms with Crippen molar-refractivity contribution in [2.24, 2.45) is 0 Å². The van der Waals surface area contributed by atoms with E-state index in [1.807, 2.05) is 29.5 Å². The van der Waals surface area contributed by atoms with Gasteiger partial charge < -0.3 is 9.88 Å². The van der Waals surface area contributed by atoms with E-state index in [4.69, 9.17) is 0 Å². The molecule has 4 rings (SSSR count). The highest BCUT2D eigenvalue weighted by Gasteiger charge is 2.31. The normalized spacial score (nSPS) is 22.1. The third-order valence-corrected chi connectivity index (χ3v) is 5.73. The summed E-state index contributed by atoms with van der Waals surface area (Å²) in [7, 11) is 0. The van der Waals surface area contributed by atoms with Crippen molar-refractivity contribution < 1.29 is 4.79 Å². The van der Waals surface area contributed by atoms with Gasteiger partial charge in [-0.15, -0.1) is 11.3 Å². The molecule has 2 aromatic rings. The molecule has 23 heavy (non-hydrogen) atoms. The Kier molecular flexibility index (Phi) is 3.95. The van der Waals surface area contributed by atoms with Gasteiger partial charge in [-0.2, -0.15) is 0 Å². The van der Waals surface area contributed by atoms with E-state index in [1.54, 1.807) is 11.3 Å². The lowest BCUT2D eigenvalue weighted by atomic mass is 9.99. The standard InChI is InChI=1S/C17H22N4OS/c1-12-19-16(11-23-12)13-8-15(18-9-13)17(22)21-7-6-20-5-3-2-4-14(20)10-21/h8-9,11,14,18H,2-7,10H2,1H3/t14-/m0/s1. The van der Waals surface area contributed by atoms with E-state index in [2.05, 4.69) is 14.9 Å². The van der Waals surface area contributed by atoms with Gasteiger partial charge in [-0.1, -0.05) is 6.42 Å². The maximum Gasteiger partial charge on any atom is 0.270 e. The molecule has 6 heteroatoms. The Morgan fingerprint density at radius 2 is 2.26 bits per heavy atom. The molecule has 0 unspecified atom stereocenters. The first kappa shape index (κ1) is 14.9. The van der Waals surface area contributed by atoms with Crippen molar-refractivity contribution in [1.29, 1.82) is 0 Å². The largest absolute Gasteiger partial charge is 0.357 e. The number of aromatic nitrogens is 2. The van der Waals surface area contributed by atoms with Crippen LogP contribution in [0.15, 0.2) is 17.6 Å². The fourth-order valence-corrected chi connectivity index (χ4v) is 4.29. The molecule has 2 aliphatic heterocycles. The number of carbonyl (C=O) groups is 1. The zero-order chi connectivity index (χ0) is 15.8. The van der Waals surface area contributed by atoms with Crippen LogP contribution >= 0.6 is 11.3 Å². The molecule has 0 saturated carbocycles. The number of thiazole rings is 1. The van der Waals surface area contributed by atoms with Gasteiger partial charge in [0.2, 0.25) is 0 Å². The van der Waals surface area contributed by atoms with Crippen molar-refractivity contribution in [3.63, 3.8) is 0 Å². The van der Waals surface area contributed by atoms with Gasteiger partial charge in [0.05, 0.1) is 10.7 Å². The van der Waals surface area contributed by atoms with Gasteiger partial charge in [-0.3, -0.25) is 9.69 Å². The van der Waals surface area contributed by atoms with E-state index in [0.29, 0.717) is 11.7 Å². The summed E-state index contributed by atoms with van der Waals surface area (Å²) in [6.45, 7) is 5.90. The first-order valence-corrected chi connectivity index (χ1v) is 9.23. The van der Waals surface area contributed by atoms with Crippen LogP contribution in [-0.4, -0.2) is 57.9 Å². The quantitative estimate of drug-likeness (QED) is 0.921. The predicted octanol–water partition coefficient (Wildman–Crippen LogP) is 2.76. The Balaban J connectivity index is 1.48. The topological polar surface area (TPSA) is 52.2 Å². The van der Waals surface area contributed by atoms with E-state index in [9.17, 15) is 4.79 Å². The molecule has 2 aromatic heterocycles. The van der Waals surface area contributed by atoms with Crippen LogP contribution < -0.4 is 0 Å². The molecule has 0 spiro atoms. The van der Waals surface area contributed by atoms with Crippen LogP contribution in [0, 0.1) is 6.92 Å². The van der Waals surface area contributed by atoms with E-state index < -0.39 is 0 Å². The summed E-state index contributed by atoms with van der Waals surface area (Å²) in [4.78, 5) is 25.0. The molecule has 0 aromatic carbocycles. The van der Waals surface area contributed by atoms with Crippen LogP contribution in [0.1, 0.15) is 34.8 Å². The number of hydrogen-bond donors (Lipinski definition) is 1. The van der Waals surface area contributed by atoms with Crippen LogP contribution in [0.3, 0.4) is 0 Å². The van der Waals surface area contributed by atoms with Crippen LogP contribution in [0.2, 0.25) is 0 Å². The molecule has 0 aliphatic carbocycles. The summed E-state index contributed by atoms with van der Waals surface area (Å²) in [6, 6.07) is 2.49. The molecule has 122 valence electrons. The second-order valence-electron chi connectivity index (χ2n) is 6.49. The van der Waals surface area contributed by atoms with Gasteiger partial charge in [-0.25, -0.2) is 4.98 Å². The average molecular weight is 330 g/mol. The van der Waals surface area contributed by atoms with Crippen LogP contribution in [0.4, 0.5) is 0 Å². The number of fused-ring (bicyclic) bond motifs is 1. The van der Waals surface area contributed by atoms with Gasteiger partial charge in [0.1, 0.15) is 5.69 Å². The van der Waals surface area contributed by atoms with Crippen molar-refractivity contribution in [1.82, 2.24) is 19.8 Å². The first-order chi connectivity index (χ1) is 11.2. The molecular weight excluding hydrogens is 308 g/mol. The maximum atomic E-state index is 12.8. The summed E-state index contributed by atoms with van der Waals surface area (Å²) < 4.78 is 0. The molecule has 2 saturated heterocycles. The smallest absolute Gasteiger partial charge is 0.270 e. The number of hydrogen-bond acceptors (Lipinski definition) is 4. The highest BCUT2D eigenvalue weighted by molar-refractivity contribution is 7.09. The predicted molar refractivity (Wildman–Crippen MR) is 91.8 cm³/mol. The van der Waals surface area contributed by atoms with Gasteiger partial charge in [0.25, 0.3) is 5.91 Å². The minimum Gasteiger partial charge on any atom is -0.357 e. The van der Waals surface area contributed by atoms with Crippen molar-refractivity contribution in [3.8, 4) is 11.3 Å². The summed E-state index contributed by atoms with van der Waals surface area (Å²) in [6.07, 6.45) is 5.70. The number of nitrogens with zero attached hydrogens (tertiary/aromatic N) is 3. The number of rotatable bonds is 2. The third-order valence-electron chi connectivity index (χ3n) is 4.95. The summed E-state index contributed by atoms with van der Waals surface area (Å²) >= 11 is 1.63. The minimum atomic E-state index is 0.119. The number of aryl methyl sites for hydroxylation is 1. The minimum absolute atomic E-state index is 0.119. The highest BCUT2D eigenvalue weighted by Crippen LogP contribution is 2.25. The molecular formula is C17H22N4OS. The second-order valence-corrected chi connectivity index (χ2v) is 7.55. The zero-order valence-corrected chi connectivity index (χ0v) is 14.2. The van der Waals surface area contributed by atoms with Crippen LogP contribution in [-0.2, 0) is 0 Å². The molecule has 2 aliphatic rings. The fourth-order valence-electron chi connectivity index (χ4n) is 3.67. The molecule has 1 atom stereocenters. The molecule has 1 amide bonds. The number of nitrogens with one attached hydrogen (secondary N) is 1. The summed E-state index contributed by atoms with van der Waals surface area (Å²) in [5.41, 5.74) is 2.61. The lowest BCUT2D eigenvalue weighted by Gasteiger charge is -2.43. The van der Waals surface area contributed by atoms with E-state index in [0.717, 1.165) is 35.9 Å². The Morgan fingerprint density at radius 1 is 1.35 bits per heavy atom. The van der Waals surface area contributed by atoms with Crippen molar-refractivity contribution in [2.75, 3.05) is 26.2 Å². The maximum absolute atomic E-state index is 12.8. The van der Waals surface area contributed by atoms with Crippen molar-refractivity contribution in [3.05, 3.63) is 28.3 Å². The number of aromatic amines is 1. The van der Waals surface area contributed by atoms with Crippen LogP contribution in [0.5, 0.6) is 0 Å². The van der Waals surface area contributed by atoms with Crippen LogP contribution in [0.25, 0.3) is 11.3 Å². The molecule has 2 fully saturated rings. The third kappa shape index (κ3) is 2.93. The van der Waals surface area contributed by atoms with Gasteiger partial charge in [-0.05, 0) is 32.4 Å². The molecule has 0 radical (unpaired) electrons. The van der Waals surface area contributed by atoms with Gasteiger partial charge >= 0.3 is 0 Å². The lowest BCUT2D eigenvalue weighted by Crippen LogP contribution is -2.56. The zero-order valence-electron chi connectivity index (χ0n) is 13.4. The Bertz CT molecular complexity index is 707. The Morgan fingerprint density at radius 3 is 3.09 bits per heavy atom. The first-order valence-electron chi connectivity index (χ1n) is 8.35.